The molecule has 2 heterocycles. The first-order valence-corrected chi connectivity index (χ1v) is 6.19. The van der Waals surface area contributed by atoms with E-state index < -0.39 is 4.92 Å². The third-order valence-corrected chi connectivity index (χ3v) is 2.78. The summed E-state index contributed by atoms with van der Waals surface area (Å²) in [6.07, 6.45) is 1.59. The molecule has 2 aromatic heterocycles. The molecular weight excluding hydrogens is 288 g/mol. The topological polar surface area (TPSA) is 132 Å². The van der Waals surface area contributed by atoms with E-state index in [1.54, 1.807) is 24.4 Å². The van der Waals surface area contributed by atoms with Crippen LogP contribution in [0.4, 0.5) is 11.7 Å². The second-order valence-corrected chi connectivity index (χ2v) is 4.25. The molecule has 0 bridgehead atoms. The van der Waals surface area contributed by atoms with E-state index in [1.807, 2.05) is 0 Å². The Morgan fingerprint density at radius 3 is 2.95 bits per heavy atom. The van der Waals surface area contributed by atoms with Crippen molar-refractivity contribution in [3.8, 4) is 0 Å². The fourth-order valence-corrected chi connectivity index (χ4v) is 1.76. The number of oxazole rings is 1. The third kappa shape index (κ3) is 2.68. The van der Waals surface area contributed by atoms with Crippen LogP contribution in [0.25, 0.3) is 11.1 Å². The standard InChI is InChI=1S/C13H10N6O3/c14-12(9-3-1-2-6-15-9)17-18-13-16-10-7-8(19(20)21)4-5-11(10)22-13/h1-7H,(H2,14,17)(H,16,18). The van der Waals surface area contributed by atoms with Crippen LogP contribution in [-0.4, -0.2) is 20.7 Å². The largest absolute Gasteiger partial charge is 0.422 e. The molecule has 0 fully saturated rings. The highest BCUT2D eigenvalue weighted by atomic mass is 16.6. The van der Waals surface area contributed by atoms with Gasteiger partial charge in [0.15, 0.2) is 11.4 Å². The lowest BCUT2D eigenvalue weighted by Gasteiger charge is -1.98. The van der Waals surface area contributed by atoms with Gasteiger partial charge < -0.3 is 10.2 Å². The van der Waals surface area contributed by atoms with Crippen molar-refractivity contribution in [3.63, 3.8) is 0 Å². The number of hydrogen-bond acceptors (Lipinski definition) is 7. The van der Waals surface area contributed by atoms with Crippen molar-refractivity contribution in [3.05, 3.63) is 58.4 Å². The van der Waals surface area contributed by atoms with Crippen LogP contribution in [0, 0.1) is 10.1 Å². The number of anilines is 1. The van der Waals surface area contributed by atoms with Crippen LogP contribution in [0.1, 0.15) is 5.69 Å². The van der Waals surface area contributed by atoms with E-state index in [9.17, 15) is 10.1 Å². The van der Waals surface area contributed by atoms with Crippen LogP contribution in [0.5, 0.6) is 0 Å². The van der Waals surface area contributed by atoms with Gasteiger partial charge in [-0.2, -0.15) is 10.1 Å². The molecule has 0 saturated carbocycles. The molecule has 0 saturated heterocycles. The number of non-ortho nitro benzene ring substituents is 1. The molecule has 3 N–H and O–H groups in total. The van der Waals surface area contributed by atoms with E-state index in [0.29, 0.717) is 16.8 Å². The average Bonchev–Trinajstić information content (AvgIpc) is 2.95. The maximum Gasteiger partial charge on any atom is 0.316 e. The van der Waals surface area contributed by atoms with Crippen LogP contribution >= 0.6 is 0 Å². The van der Waals surface area contributed by atoms with E-state index in [0.717, 1.165) is 0 Å². The van der Waals surface area contributed by atoms with Crippen molar-refractivity contribution in [1.29, 1.82) is 0 Å². The summed E-state index contributed by atoms with van der Waals surface area (Å²) < 4.78 is 5.36. The molecular formula is C13H10N6O3. The summed E-state index contributed by atoms with van der Waals surface area (Å²) in [5.74, 6) is 0.161. The van der Waals surface area contributed by atoms with Gasteiger partial charge >= 0.3 is 6.01 Å². The molecule has 0 spiro atoms. The fraction of sp³-hybridized carbons (Fsp3) is 0. The van der Waals surface area contributed by atoms with Crippen molar-refractivity contribution in [2.24, 2.45) is 10.8 Å². The highest BCUT2D eigenvalue weighted by Gasteiger charge is 2.11. The molecule has 0 aliphatic heterocycles. The number of nitrogens with one attached hydrogen (secondary N) is 1. The molecule has 0 radical (unpaired) electrons. The van der Waals surface area contributed by atoms with E-state index in [1.165, 1.54) is 18.2 Å². The average molecular weight is 298 g/mol. The number of hydrazone groups is 1. The van der Waals surface area contributed by atoms with Crippen LogP contribution in [0.15, 0.2) is 52.1 Å². The van der Waals surface area contributed by atoms with Crippen molar-refractivity contribution in [2.45, 2.75) is 0 Å². The van der Waals surface area contributed by atoms with Gasteiger partial charge in [-0.15, -0.1) is 0 Å². The first-order valence-electron chi connectivity index (χ1n) is 6.19. The Bertz CT molecular complexity index is 859. The fourth-order valence-electron chi connectivity index (χ4n) is 1.76. The van der Waals surface area contributed by atoms with Crippen LogP contribution in [-0.2, 0) is 0 Å². The Labute approximate surface area is 123 Å². The summed E-state index contributed by atoms with van der Waals surface area (Å²) in [7, 11) is 0. The number of benzene rings is 1. The molecule has 22 heavy (non-hydrogen) atoms. The minimum atomic E-state index is -0.502. The van der Waals surface area contributed by atoms with Crippen LogP contribution < -0.4 is 11.2 Å². The third-order valence-electron chi connectivity index (χ3n) is 2.78. The smallest absolute Gasteiger partial charge is 0.316 e. The van der Waals surface area contributed by atoms with Crippen molar-refractivity contribution in [2.75, 3.05) is 5.43 Å². The van der Waals surface area contributed by atoms with Crippen LogP contribution in [0.3, 0.4) is 0 Å². The summed E-state index contributed by atoms with van der Waals surface area (Å²) >= 11 is 0. The van der Waals surface area contributed by atoms with Gasteiger partial charge in [-0.05, 0) is 18.2 Å². The molecule has 9 heteroatoms. The number of nitro groups is 1. The zero-order valence-corrected chi connectivity index (χ0v) is 11.1. The first-order chi connectivity index (χ1) is 10.6. The molecule has 3 rings (SSSR count). The van der Waals surface area contributed by atoms with Gasteiger partial charge in [0, 0.05) is 18.3 Å². The monoisotopic (exact) mass is 298 g/mol. The molecule has 9 nitrogen and oxygen atoms in total. The maximum absolute atomic E-state index is 10.7. The number of pyridine rings is 1. The normalized spacial score (nSPS) is 11.5. The summed E-state index contributed by atoms with van der Waals surface area (Å²) in [5, 5.41) is 14.6. The van der Waals surface area contributed by atoms with Crippen molar-refractivity contribution >= 4 is 28.6 Å². The first kappa shape index (κ1) is 13.5. The predicted octanol–water partition coefficient (Wildman–Crippen LogP) is 1.86. The van der Waals surface area contributed by atoms with Gasteiger partial charge in [0.25, 0.3) is 5.69 Å². The van der Waals surface area contributed by atoms with Crippen LogP contribution in [0.2, 0.25) is 0 Å². The zero-order valence-electron chi connectivity index (χ0n) is 11.1. The highest BCUT2D eigenvalue weighted by Crippen LogP contribution is 2.23. The summed E-state index contributed by atoms with van der Waals surface area (Å²) in [6, 6.07) is 9.45. The van der Waals surface area contributed by atoms with E-state index in [4.69, 9.17) is 10.2 Å². The number of hydrogen-bond donors (Lipinski definition) is 2. The Hall–Kier alpha value is -3.49. The highest BCUT2D eigenvalue weighted by molar-refractivity contribution is 5.95. The number of amidine groups is 1. The second kappa shape index (κ2) is 5.48. The molecule has 3 aromatic rings. The molecule has 1 aromatic carbocycles. The predicted molar refractivity (Wildman–Crippen MR) is 79.2 cm³/mol. The van der Waals surface area contributed by atoms with E-state index in [-0.39, 0.29) is 17.5 Å². The number of nitrogens with zero attached hydrogens (tertiary/aromatic N) is 4. The second-order valence-electron chi connectivity index (χ2n) is 4.25. The lowest BCUT2D eigenvalue weighted by atomic mass is 10.3. The number of rotatable bonds is 4. The lowest BCUT2D eigenvalue weighted by Crippen LogP contribution is -2.16. The molecule has 110 valence electrons. The Morgan fingerprint density at radius 2 is 2.23 bits per heavy atom. The molecule has 0 atom stereocenters. The van der Waals surface area contributed by atoms with Gasteiger partial charge in [0.2, 0.25) is 0 Å². The zero-order chi connectivity index (χ0) is 15.5. The minimum Gasteiger partial charge on any atom is -0.422 e. The van der Waals surface area contributed by atoms with Gasteiger partial charge in [-0.1, -0.05) is 6.07 Å². The number of nitro benzene ring substituents is 1. The molecule has 0 amide bonds. The maximum atomic E-state index is 10.7. The molecule has 0 aliphatic carbocycles. The van der Waals surface area contributed by atoms with Crippen molar-refractivity contribution in [1.82, 2.24) is 9.97 Å². The van der Waals surface area contributed by atoms with Gasteiger partial charge in [-0.3, -0.25) is 15.1 Å². The summed E-state index contributed by atoms with van der Waals surface area (Å²) in [6.45, 7) is 0. The number of aromatic nitrogens is 2. The van der Waals surface area contributed by atoms with Gasteiger partial charge in [0.1, 0.15) is 11.2 Å². The summed E-state index contributed by atoms with van der Waals surface area (Å²) in [5.41, 5.74) is 9.51. The SMILES string of the molecule is NC(=NNc1nc2cc([N+](=O)[O-])ccc2o1)c1ccccn1. The quantitative estimate of drug-likeness (QED) is 0.325. The lowest BCUT2D eigenvalue weighted by molar-refractivity contribution is -0.384. The Morgan fingerprint density at radius 1 is 1.36 bits per heavy atom. The van der Waals surface area contributed by atoms with E-state index >= 15 is 0 Å². The summed E-state index contributed by atoms with van der Waals surface area (Å²) in [4.78, 5) is 18.3. The number of nitrogens with two attached hydrogens (primary N) is 1. The minimum absolute atomic E-state index is 0.0659. The molecule has 0 aliphatic rings. The Balaban J connectivity index is 1.84. The Kier molecular flexibility index (Phi) is 3.36. The van der Waals surface area contributed by atoms with Gasteiger partial charge in [0.05, 0.1) is 4.92 Å². The number of fused-ring (bicyclic) bond motifs is 1. The van der Waals surface area contributed by atoms with Gasteiger partial charge in [-0.25, -0.2) is 5.43 Å². The van der Waals surface area contributed by atoms with E-state index in [2.05, 4.69) is 20.5 Å². The van der Waals surface area contributed by atoms with Crippen molar-refractivity contribution < 1.29 is 9.34 Å². The molecule has 0 unspecified atom stereocenters.